The van der Waals surface area contributed by atoms with Crippen molar-refractivity contribution < 1.29 is 347 Å². The van der Waals surface area contributed by atoms with Crippen molar-refractivity contribution >= 4 is 52.0 Å². The average molecular weight is 771 g/mol. The molecule has 0 bridgehead atoms. The van der Waals surface area contributed by atoms with E-state index in [9.17, 15) is 64.9 Å². The second-order valence-corrected chi connectivity index (χ2v) is 10.2. The summed E-state index contributed by atoms with van der Waals surface area (Å²) in [6.45, 7) is -1.76. The van der Waals surface area contributed by atoms with Gasteiger partial charge in [0.25, 0.3) is 0 Å². The largest absolute Gasteiger partial charge is 1.00 e. The molecular formula is C6H7K5O21S5. The maximum absolute atomic E-state index is 11.0. The van der Waals surface area contributed by atoms with Crippen LogP contribution in [0.3, 0.4) is 0 Å². The summed E-state index contributed by atoms with van der Waals surface area (Å²) in [4.78, 5) is 0. The molecular weight excluding hydrogens is 764 g/mol. The van der Waals surface area contributed by atoms with Gasteiger partial charge in [-0.1, -0.05) is 0 Å². The predicted molar refractivity (Wildman–Crippen MR) is 78.8 cm³/mol. The minimum absolute atomic E-state index is 0. The third-order valence-corrected chi connectivity index (χ3v) is 5.09. The van der Waals surface area contributed by atoms with Gasteiger partial charge >= 0.3 is 257 Å². The van der Waals surface area contributed by atoms with Gasteiger partial charge in [-0.25, -0.2) is 46.3 Å². The summed E-state index contributed by atoms with van der Waals surface area (Å²) in [5.74, 6) is 0. The van der Waals surface area contributed by atoms with Crippen molar-refractivity contribution in [2.45, 2.75) is 30.7 Å². The first-order valence-corrected chi connectivity index (χ1v) is 13.4. The van der Waals surface area contributed by atoms with Gasteiger partial charge < -0.3 is 27.5 Å². The van der Waals surface area contributed by atoms with Crippen molar-refractivity contribution in [3.05, 3.63) is 0 Å². The molecule has 1 aliphatic rings. The Balaban J connectivity index is -0.000000683. The Morgan fingerprint density at radius 1 is 0.486 bits per heavy atom. The fraction of sp³-hybridized carbons (Fsp3) is 1.00. The molecule has 0 N–H and O–H groups in total. The quantitative estimate of drug-likeness (QED) is 0.107. The van der Waals surface area contributed by atoms with E-state index >= 15 is 0 Å². The molecule has 0 saturated carbocycles. The summed E-state index contributed by atoms with van der Waals surface area (Å²) in [7, 11) is -29.8. The Kier molecular flexibility index (Phi) is 32.4. The molecule has 0 aliphatic carbocycles. The van der Waals surface area contributed by atoms with Gasteiger partial charge in [0.05, 0.1) is 6.61 Å². The Labute approximate surface area is 424 Å². The van der Waals surface area contributed by atoms with Crippen LogP contribution in [0.4, 0.5) is 0 Å². The molecule has 37 heavy (non-hydrogen) atoms. The molecule has 0 spiro atoms. The molecule has 31 heteroatoms. The van der Waals surface area contributed by atoms with Crippen LogP contribution in [-0.2, 0) is 77.6 Å². The third-order valence-electron chi connectivity index (χ3n) is 2.87. The van der Waals surface area contributed by atoms with Crippen molar-refractivity contribution in [3.8, 4) is 0 Å². The third kappa shape index (κ3) is 26.2. The molecule has 1 fully saturated rings. The summed E-state index contributed by atoms with van der Waals surface area (Å²) in [5, 5.41) is 0. The maximum Gasteiger partial charge on any atom is 1.00 e. The second-order valence-electron chi connectivity index (χ2n) is 5.15. The maximum atomic E-state index is 11.0. The fourth-order valence-corrected chi connectivity index (χ4v) is 4.25. The van der Waals surface area contributed by atoms with Crippen molar-refractivity contribution in [1.82, 2.24) is 0 Å². The Morgan fingerprint density at radius 3 is 1.14 bits per heavy atom. The topological polar surface area (TPSA) is 341 Å². The van der Waals surface area contributed by atoms with Gasteiger partial charge in [0.1, 0.15) is 18.3 Å². The number of hydrogen-bond donors (Lipinski definition) is 0. The first-order chi connectivity index (χ1) is 14.0. The first kappa shape index (κ1) is 54.0. The van der Waals surface area contributed by atoms with Gasteiger partial charge in [-0.2, -0.15) is 0 Å². The van der Waals surface area contributed by atoms with Gasteiger partial charge in [-0.05, 0) is 0 Å². The van der Waals surface area contributed by atoms with Crippen LogP contribution in [0.1, 0.15) is 0 Å². The molecule has 0 aromatic heterocycles. The van der Waals surface area contributed by atoms with Crippen molar-refractivity contribution in [2.75, 3.05) is 6.61 Å². The Bertz CT molecular complexity index is 1210. The molecule has 0 radical (unpaired) electrons. The Morgan fingerprint density at radius 2 is 0.811 bits per heavy atom. The molecule has 1 heterocycles. The van der Waals surface area contributed by atoms with E-state index < -0.39 is 89.3 Å². The van der Waals surface area contributed by atoms with Crippen LogP contribution in [0.25, 0.3) is 0 Å². The molecule has 1 rings (SSSR count). The summed E-state index contributed by atoms with van der Waals surface area (Å²) < 4.78 is 185. The first-order valence-electron chi connectivity index (χ1n) is 6.78. The fourth-order valence-electron chi connectivity index (χ4n) is 2.09. The predicted octanol–water partition coefficient (Wildman–Crippen LogP) is -20.8. The number of ether oxygens (including phenoxy) is 1. The minimum atomic E-state index is -6.10. The summed E-state index contributed by atoms with van der Waals surface area (Å²) in [6.07, 6.45) is -15.1. The zero-order valence-corrected chi connectivity index (χ0v) is 38.9. The normalized spacial score (nSPS) is 24.6. The zero-order chi connectivity index (χ0) is 25.3. The van der Waals surface area contributed by atoms with E-state index in [4.69, 9.17) is 0 Å². The average Bonchev–Trinajstić information content (AvgIpc) is 2.45. The Hall–Kier alpha value is 7.49. The zero-order valence-electron chi connectivity index (χ0n) is 19.2. The summed E-state index contributed by atoms with van der Waals surface area (Å²) in [5.41, 5.74) is 0. The second kappa shape index (κ2) is 22.2. The van der Waals surface area contributed by atoms with Crippen LogP contribution in [0.2, 0.25) is 0 Å². The minimum Gasteiger partial charge on any atom is -0.726 e. The van der Waals surface area contributed by atoms with Crippen LogP contribution in [0.15, 0.2) is 0 Å². The van der Waals surface area contributed by atoms with Gasteiger partial charge in [-0.15, -0.1) is 0 Å². The molecule has 0 aromatic rings. The van der Waals surface area contributed by atoms with Gasteiger partial charge in [0.15, 0.2) is 6.10 Å². The van der Waals surface area contributed by atoms with Crippen molar-refractivity contribution in [3.63, 3.8) is 0 Å². The standard InChI is InChI=1S/C6H12O21S5.5K/c7-28(8,9)22-1-2-3(24-29(10,11)12)4(25-30(13,14)15)5(26-31(16,17)18)6(23-2)27-32(19,20)21;;;;;/h2-6H,1H2,(H,7,8,9)(H,10,11,12)(H,13,14,15)(H,16,17,18)(H,19,20,21);;;;;/q;5*+1/p-5/t2-,3-,4+,5+,6?;;;;;/m1...../s1. The molecule has 5 atom stereocenters. The molecule has 192 valence electrons. The van der Waals surface area contributed by atoms with E-state index in [1.165, 1.54) is 0 Å². The summed E-state index contributed by atoms with van der Waals surface area (Å²) in [6, 6.07) is 0. The SMILES string of the molecule is O=S(=O)([O-])OC[C@H]1OC(OS(=O)(=O)[O-])[C@@H](OS(=O)(=O)[O-])[C@@H](OS(=O)(=O)[O-])[C@@H]1OS(=O)(=O)[O-].[K+].[K+].[K+].[K+].[K+]. The van der Waals surface area contributed by atoms with E-state index in [1.54, 1.807) is 0 Å². The van der Waals surface area contributed by atoms with Crippen molar-refractivity contribution in [2.24, 2.45) is 0 Å². The van der Waals surface area contributed by atoms with E-state index in [2.05, 4.69) is 25.7 Å². The monoisotopic (exact) mass is 770 g/mol. The smallest absolute Gasteiger partial charge is 0.726 e. The molecule has 1 aliphatic heterocycles. The van der Waals surface area contributed by atoms with Gasteiger partial charge in [-0.3, -0.25) is 16.7 Å². The van der Waals surface area contributed by atoms with Crippen LogP contribution >= 0.6 is 0 Å². The molecule has 0 aromatic carbocycles. The van der Waals surface area contributed by atoms with E-state index in [-0.39, 0.29) is 257 Å². The van der Waals surface area contributed by atoms with Gasteiger partial charge in [0, 0.05) is 0 Å². The van der Waals surface area contributed by atoms with Gasteiger partial charge in [0.2, 0.25) is 58.3 Å². The number of hydrogen-bond acceptors (Lipinski definition) is 21. The molecule has 1 unspecified atom stereocenters. The van der Waals surface area contributed by atoms with Crippen LogP contribution in [0, 0.1) is 0 Å². The summed E-state index contributed by atoms with van der Waals surface area (Å²) >= 11 is 0. The van der Waals surface area contributed by atoms with Crippen molar-refractivity contribution in [1.29, 1.82) is 0 Å². The molecule has 0 amide bonds. The number of rotatable bonds is 11. The van der Waals surface area contributed by atoms with Crippen LogP contribution in [0.5, 0.6) is 0 Å². The van der Waals surface area contributed by atoms with Crippen LogP contribution in [-0.4, -0.2) is 102 Å². The van der Waals surface area contributed by atoms with E-state index in [0.717, 1.165) is 0 Å². The van der Waals surface area contributed by atoms with E-state index in [0.29, 0.717) is 0 Å². The molecule has 21 nitrogen and oxygen atoms in total. The van der Waals surface area contributed by atoms with Crippen LogP contribution < -0.4 is 257 Å². The molecule has 1 saturated heterocycles. The van der Waals surface area contributed by atoms with E-state index in [1.807, 2.05) is 0 Å².